The van der Waals surface area contributed by atoms with Crippen LogP contribution in [-0.2, 0) is 16.0 Å². The standard InChI is InChI=1S/C20H27N3O3/c1-12-9-13(2)20(14(3)10-12)21-18(24)11-23(6)19(25)8-7-17-15(4)22-26-16(17)5/h9-10H,7-8,11H2,1-6H3,(H,21,24). The minimum Gasteiger partial charge on any atom is -0.361 e. The van der Waals surface area contributed by atoms with Gasteiger partial charge in [-0.3, -0.25) is 9.59 Å². The quantitative estimate of drug-likeness (QED) is 0.861. The van der Waals surface area contributed by atoms with E-state index in [1.54, 1.807) is 7.05 Å². The smallest absolute Gasteiger partial charge is 0.243 e. The number of nitrogens with one attached hydrogen (secondary N) is 1. The average Bonchev–Trinajstić information content (AvgIpc) is 2.87. The van der Waals surface area contributed by atoms with Crippen molar-refractivity contribution in [2.24, 2.45) is 0 Å². The van der Waals surface area contributed by atoms with Crippen molar-refractivity contribution in [3.63, 3.8) is 0 Å². The molecule has 0 aliphatic carbocycles. The number of likely N-dealkylation sites (N-methyl/N-ethyl adjacent to an activating group) is 1. The number of nitrogens with zero attached hydrogens (tertiary/aromatic N) is 2. The van der Waals surface area contributed by atoms with Gasteiger partial charge in [0.25, 0.3) is 0 Å². The number of benzene rings is 1. The average molecular weight is 357 g/mol. The van der Waals surface area contributed by atoms with Gasteiger partial charge in [0.1, 0.15) is 5.76 Å². The Hall–Kier alpha value is -2.63. The largest absolute Gasteiger partial charge is 0.361 e. The molecule has 0 spiro atoms. The van der Waals surface area contributed by atoms with Gasteiger partial charge in [0.05, 0.1) is 12.2 Å². The predicted molar refractivity (Wildman–Crippen MR) is 101 cm³/mol. The van der Waals surface area contributed by atoms with E-state index in [2.05, 4.69) is 10.5 Å². The minimum absolute atomic E-state index is 0.0210. The van der Waals surface area contributed by atoms with Crippen LogP contribution in [-0.4, -0.2) is 35.5 Å². The van der Waals surface area contributed by atoms with Crippen molar-refractivity contribution < 1.29 is 14.1 Å². The first-order valence-electron chi connectivity index (χ1n) is 8.72. The van der Waals surface area contributed by atoms with Gasteiger partial charge in [0.15, 0.2) is 0 Å². The van der Waals surface area contributed by atoms with Crippen LogP contribution in [0.15, 0.2) is 16.7 Å². The number of aryl methyl sites for hydroxylation is 5. The minimum atomic E-state index is -0.201. The van der Waals surface area contributed by atoms with Crippen LogP contribution in [0.5, 0.6) is 0 Å². The van der Waals surface area contributed by atoms with Gasteiger partial charge in [0.2, 0.25) is 11.8 Å². The zero-order valence-electron chi connectivity index (χ0n) is 16.4. The fourth-order valence-electron chi connectivity index (χ4n) is 3.14. The molecule has 0 fully saturated rings. The van der Waals surface area contributed by atoms with Crippen molar-refractivity contribution >= 4 is 17.5 Å². The van der Waals surface area contributed by atoms with Crippen LogP contribution in [0.1, 0.15) is 40.1 Å². The van der Waals surface area contributed by atoms with Gasteiger partial charge in [-0.1, -0.05) is 22.9 Å². The molecular formula is C20H27N3O3. The molecule has 1 aromatic carbocycles. The molecule has 2 aromatic rings. The van der Waals surface area contributed by atoms with E-state index in [1.807, 2.05) is 46.8 Å². The molecule has 1 N–H and O–H groups in total. The van der Waals surface area contributed by atoms with Crippen LogP contribution in [0, 0.1) is 34.6 Å². The molecular weight excluding hydrogens is 330 g/mol. The Balaban J connectivity index is 1.91. The maximum absolute atomic E-state index is 12.3. The topological polar surface area (TPSA) is 75.4 Å². The lowest BCUT2D eigenvalue weighted by atomic mass is 10.1. The molecule has 0 bridgehead atoms. The van der Waals surface area contributed by atoms with Gasteiger partial charge < -0.3 is 14.7 Å². The third-order valence-electron chi connectivity index (χ3n) is 4.52. The zero-order valence-corrected chi connectivity index (χ0v) is 16.4. The summed E-state index contributed by atoms with van der Waals surface area (Å²) in [5.74, 6) is 0.451. The van der Waals surface area contributed by atoms with Crippen LogP contribution in [0.2, 0.25) is 0 Å². The molecule has 0 aliphatic rings. The Morgan fingerprint density at radius 2 is 1.73 bits per heavy atom. The van der Waals surface area contributed by atoms with E-state index in [4.69, 9.17) is 4.52 Å². The van der Waals surface area contributed by atoms with E-state index in [1.165, 1.54) is 4.90 Å². The second-order valence-electron chi connectivity index (χ2n) is 6.87. The lowest BCUT2D eigenvalue weighted by Gasteiger charge is -2.18. The maximum atomic E-state index is 12.3. The highest BCUT2D eigenvalue weighted by molar-refractivity contribution is 5.95. The molecule has 2 amide bonds. The number of hydrogen-bond acceptors (Lipinski definition) is 4. The molecule has 0 unspecified atom stereocenters. The summed E-state index contributed by atoms with van der Waals surface area (Å²) >= 11 is 0. The molecule has 1 aromatic heterocycles. The van der Waals surface area contributed by atoms with Crippen molar-refractivity contribution in [1.29, 1.82) is 0 Å². The number of aromatic nitrogens is 1. The van der Waals surface area contributed by atoms with Crippen LogP contribution in [0.25, 0.3) is 0 Å². The summed E-state index contributed by atoms with van der Waals surface area (Å²) in [6.45, 7) is 9.68. The third kappa shape index (κ3) is 4.71. The van der Waals surface area contributed by atoms with Crippen molar-refractivity contribution in [2.45, 2.75) is 47.5 Å². The molecule has 0 saturated carbocycles. The first-order chi connectivity index (χ1) is 12.2. The molecule has 1 heterocycles. The van der Waals surface area contributed by atoms with E-state index in [-0.39, 0.29) is 18.4 Å². The number of amides is 2. The highest BCUT2D eigenvalue weighted by Gasteiger charge is 2.17. The summed E-state index contributed by atoms with van der Waals surface area (Å²) in [7, 11) is 1.64. The summed E-state index contributed by atoms with van der Waals surface area (Å²) in [6, 6.07) is 4.06. The lowest BCUT2D eigenvalue weighted by molar-refractivity contribution is -0.133. The second-order valence-corrected chi connectivity index (χ2v) is 6.87. The highest BCUT2D eigenvalue weighted by Crippen LogP contribution is 2.22. The number of carbonyl (C=O) groups excluding carboxylic acids is 2. The molecule has 6 nitrogen and oxygen atoms in total. The number of carbonyl (C=O) groups is 2. The van der Waals surface area contributed by atoms with Gasteiger partial charge in [0, 0.05) is 24.7 Å². The van der Waals surface area contributed by atoms with E-state index >= 15 is 0 Å². The molecule has 0 aliphatic heterocycles. The molecule has 2 rings (SSSR count). The molecule has 0 saturated heterocycles. The van der Waals surface area contributed by atoms with Crippen molar-refractivity contribution in [2.75, 3.05) is 18.9 Å². The Labute approximate surface area is 154 Å². The summed E-state index contributed by atoms with van der Waals surface area (Å²) in [5, 5.41) is 6.81. The first-order valence-corrected chi connectivity index (χ1v) is 8.72. The third-order valence-corrected chi connectivity index (χ3v) is 4.52. The Kier molecular flexibility index (Phi) is 6.18. The van der Waals surface area contributed by atoms with E-state index in [9.17, 15) is 9.59 Å². The lowest BCUT2D eigenvalue weighted by Crippen LogP contribution is -2.35. The normalized spacial score (nSPS) is 10.7. The first kappa shape index (κ1) is 19.7. The van der Waals surface area contributed by atoms with Crippen molar-refractivity contribution in [1.82, 2.24) is 10.1 Å². The summed E-state index contributed by atoms with van der Waals surface area (Å²) in [6.07, 6.45) is 0.872. The SMILES string of the molecule is Cc1cc(C)c(NC(=O)CN(C)C(=O)CCc2c(C)noc2C)c(C)c1. The van der Waals surface area contributed by atoms with Gasteiger partial charge >= 0.3 is 0 Å². The van der Waals surface area contributed by atoms with E-state index < -0.39 is 0 Å². The second kappa shape index (κ2) is 8.17. The van der Waals surface area contributed by atoms with Crippen LogP contribution in [0.4, 0.5) is 5.69 Å². The summed E-state index contributed by atoms with van der Waals surface area (Å²) < 4.78 is 5.11. The highest BCUT2D eigenvalue weighted by atomic mass is 16.5. The molecule has 26 heavy (non-hydrogen) atoms. The maximum Gasteiger partial charge on any atom is 0.243 e. The molecule has 140 valence electrons. The number of hydrogen-bond donors (Lipinski definition) is 1. The number of anilines is 1. The number of rotatable bonds is 6. The van der Waals surface area contributed by atoms with Gasteiger partial charge in [-0.15, -0.1) is 0 Å². The van der Waals surface area contributed by atoms with E-state index in [0.717, 1.165) is 39.4 Å². The summed E-state index contributed by atoms with van der Waals surface area (Å²) in [4.78, 5) is 26.1. The summed E-state index contributed by atoms with van der Waals surface area (Å²) in [5.41, 5.74) is 5.77. The Morgan fingerprint density at radius 3 is 2.27 bits per heavy atom. The zero-order chi connectivity index (χ0) is 19.4. The molecule has 0 radical (unpaired) electrons. The fraction of sp³-hybridized carbons (Fsp3) is 0.450. The van der Waals surface area contributed by atoms with Crippen molar-refractivity contribution in [3.8, 4) is 0 Å². The predicted octanol–water partition coefficient (Wildman–Crippen LogP) is 3.25. The van der Waals surface area contributed by atoms with Crippen LogP contribution in [0.3, 0.4) is 0 Å². The Bertz CT molecular complexity index is 781. The van der Waals surface area contributed by atoms with E-state index in [0.29, 0.717) is 12.8 Å². The van der Waals surface area contributed by atoms with Gasteiger partial charge in [-0.05, 0) is 52.2 Å². The monoisotopic (exact) mass is 357 g/mol. The van der Waals surface area contributed by atoms with Crippen molar-refractivity contribution in [3.05, 3.63) is 45.8 Å². The van der Waals surface area contributed by atoms with Gasteiger partial charge in [-0.25, -0.2) is 0 Å². The van der Waals surface area contributed by atoms with Crippen LogP contribution < -0.4 is 5.32 Å². The molecule has 6 heteroatoms. The molecule has 0 atom stereocenters. The fourth-order valence-corrected chi connectivity index (χ4v) is 3.14. The Morgan fingerprint density at radius 1 is 1.12 bits per heavy atom. The van der Waals surface area contributed by atoms with Gasteiger partial charge in [-0.2, -0.15) is 0 Å². The van der Waals surface area contributed by atoms with Crippen LogP contribution >= 0.6 is 0 Å².